The molecule has 52 heavy (non-hydrogen) atoms. The number of carboxylic acid groups (broad SMARTS) is 2. The average molecular weight is 721 g/mol. The van der Waals surface area contributed by atoms with Crippen molar-refractivity contribution >= 4 is 35.3 Å². The second-order valence-electron chi connectivity index (χ2n) is 14.1. The van der Waals surface area contributed by atoms with Gasteiger partial charge in [0, 0.05) is 61.2 Å². The number of Topliss-reactive ketones (excluding diaryl/α,β-unsaturated/α-hetero) is 2. The van der Waals surface area contributed by atoms with Gasteiger partial charge in [-0.25, -0.2) is 0 Å². The van der Waals surface area contributed by atoms with Gasteiger partial charge in [-0.05, 0) is 87.1 Å². The number of ketones is 2. The van der Waals surface area contributed by atoms with Gasteiger partial charge in [-0.1, -0.05) is 12.8 Å². The van der Waals surface area contributed by atoms with Crippen molar-refractivity contribution in [2.45, 2.75) is 63.5 Å². The number of aliphatic carboxylic acids is 2. The summed E-state index contributed by atoms with van der Waals surface area (Å²) in [7, 11) is 0. The summed E-state index contributed by atoms with van der Waals surface area (Å²) in [5.74, 6) is -3.32. The predicted molar refractivity (Wildman–Crippen MR) is 188 cm³/mol. The van der Waals surface area contributed by atoms with Crippen LogP contribution in [0.25, 0.3) is 0 Å². The van der Waals surface area contributed by atoms with Crippen LogP contribution in [0, 0.1) is 11.8 Å². The minimum atomic E-state index is -1.12. The Kier molecular flexibility index (Phi) is 13.0. The number of hydrogen-bond acceptors (Lipinski definition) is 10. The number of benzene rings is 2. The molecule has 1 saturated carbocycles. The highest BCUT2D eigenvalue weighted by Gasteiger charge is 2.39. The highest BCUT2D eigenvalue weighted by atomic mass is 16.4. The number of amides is 2. The molecular weight excluding hydrogens is 672 g/mol. The van der Waals surface area contributed by atoms with E-state index in [-0.39, 0.29) is 59.8 Å². The van der Waals surface area contributed by atoms with E-state index in [2.05, 4.69) is 0 Å². The third-order valence-corrected chi connectivity index (χ3v) is 10.7. The van der Waals surface area contributed by atoms with Gasteiger partial charge in [-0.2, -0.15) is 0 Å². The topological polar surface area (TPSA) is 196 Å². The zero-order valence-corrected chi connectivity index (χ0v) is 29.3. The zero-order chi connectivity index (χ0) is 37.4. The number of carboxylic acids is 2. The number of phenolic OH excluding ortho intramolecular Hbond substituents is 2. The van der Waals surface area contributed by atoms with Crippen molar-refractivity contribution in [2.75, 3.05) is 52.4 Å². The molecule has 2 amide bonds. The molecular formula is C38H48N4O10. The summed E-state index contributed by atoms with van der Waals surface area (Å²) in [5.41, 5.74) is 0.987. The fraction of sp³-hybridized carbons (Fsp3) is 0.526. The summed E-state index contributed by atoms with van der Waals surface area (Å²) in [6.07, 6.45) is 4.38. The first kappa shape index (κ1) is 38.4. The normalized spacial score (nSPS) is 20.2. The Bertz CT molecular complexity index is 1480. The number of nitrogens with zero attached hydrogens (tertiary/aromatic N) is 4. The second-order valence-corrected chi connectivity index (χ2v) is 14.1. The van der Waals surface area contributed by atoms with Crippen molar-refractivity contribution < 1.29 is 49.2 Å². The molecule has 0 aromatic heterocycles. The van der Waals surface area contributed by atoms with E-state index in [0.717, 1.165) is 12.8 Å². The van der Waals surface area contributed by atoms with Crippen molar-refractivity contribution in [3.63, 3.8) is 0 Å². The molecule has 2 atom stereocenters. The molecule has 5 rings (SSSR count). The number of aromatic hydroxyl groups is 2. The first-order chi connectivity index (χ1) is 24.9. The lowest BCUT2D eigenvalue weighted by Gasteiger charge is -2.45. The SMILES string of the molecule is O=C(O)CN(CC(=O)N1CCC(C(=O)c2ccc(O)cc2)CC1)C1CCCCC1N(CC(=O)O)CC(=O)N1CCC(C(=O)c2ccc(O)cc2)CC1. The fourth-order valence-electron chi connectivity index (χ4n) is 7.92. The molecule has 2 heterocycles. The molecule has 2 saturated heterocycles. The quantitative estimate of drug-likeness (QED) is 0.209. The van der Waals surface area contributed by atoms with E-state index in [4.69, 9.17) is 0 Å². The molecule has 4 N–H and O–H groups in total. The maximum Gasteiger partial charge on any atom is 0.317 e. The smallest absolute Gasteiger partial charge is 0.317 e. The highest BCUT2D eigenvalue weighted by Crippen LogP contribution is 2.30. The molecule has 2 aliphatic heterocycles. The van der Waals surface area contributed by atoms with Crippen LogP contribution >= 0.6 is 0 Å². The van der Waals surface area contributed by atoms with E-state index in [0.29, 0.717) is 75.8 Å². The van der Waals surface area contributed by atoms with Crippen molar-refractivity contribution in [3.8, 4) is 11.5 Å². The largest absolute Gasteiger partial charge is 0.508 e. The molecule has 2 aromatic rings. The molecule has 0 spiro atoms. The van der Waals surface area contributed by atoms with E-state index < -0.39 is 37.1 Å². The number of piperidine rings is 2. The summed E-state index contributed by atoms with van der Waals surface area (Å²) in [5, 5.41) is 38.8. The molecule has 2 unspecified atom stereocenters. The van der Waals surface area contributed by atoms with Gasteiger partial charge in [0.1, 0.15) is 11.5 Å². The van der Waals surface area contributed by atoms with Gasteiger partial charge >= 0.3 is 11.9 Å². The van der Waals surface area contributed by atoms with Crippen LogP contribution in [0.5, 0.6) is 11.5 Å². The number of carbonyl (C=O) groups is 6. The number of carbonyl (C=O) groups excluding carboxylic acids is 4. The summed E-state index contributed by atoms with van der Waals surface area (Å²) >= 11 is 0. The molecule has 3 fully saturated rings. The van der Waals surface area contributed by atoms with E-state index in [1.54, 1.807) is 43.9 Å². The van der Waals surface area contributed by atoms with Crippen LogP contribution in [-0.4, -0.2) is 140 Å². The zero-order valence-electron chi connectivity index (χ0n) is 29.3. The minimum Gasteiger partial charge on any atom is -0.508 e. The van der Waals surface area contributed by atoms with Crippen molar-refractivity contribution in [3.05, 3.63) is 59.7 Å². The summed E-state index contributed by atoms with van der Waals surface area (Å²) < 4.78 is 0. The minimum absolute atomic E-state index is 0.0512. The van der Waals surface area contributed by atoms with Gasteiger partial charge in [0.2, 0.25) is 11.8 Å². The van der Waals surface area contributed by atoms with Crippen molar-refractivity contribution in [1.29, 1.82) is 0 Å². The third kappa shape index (κ3) is 9.94. The van der Waals surface area contributed by atoms with Gasteiger partial charge in [-0.3, -0.25) is 38.6 Å². The van der Waals surface area contributed by atoms with Crippen LogP contribution in [0.3, 0.4) is 0 Å². The lowest BCUT2D eigenvalue weighted by molar-refractivity contribution is -0.146. The Hall–Kier alpha value is -4.82. The number of rotatable bonds is 14. The van der Waals surface area contributed by atoms with Gasteiger partial charge < -0.3 is 30.2 Å². The third-order valence-electron chi connectivity index (χ3n) is 10.7. The first-order valence-corrected chi connectivity index (χ1v) is 18.0. The van der Waals surface area contributed by atoms with Crippen LogP contribution in [0.15, 0.2) is 48.5 Å². The van der Waals surface area contributed by atoms with Gasteiger partial charge in [-0.15, -0.1) is 0 Å². The summed E-state index contributed by atoms with van der Waals surface area (Å²) in [6.45, 7) is 0.0834. The fourth-order valence-corrected chi connectivity index (χ4v) is 7.92. The van der Waals surface area contributed by atoms with E-state index in [1.807, 2.05) is 0 Å². The van der Waals surface area contributed by atoms with Crippen LogP contribution in [0.4, 0.5) is 0 Å². The maximum absolute atomic E-state index is 13.6. The van der Waals surface area contributed by atoms with Crippen LogP contribution < -0.4 is 0 Å². The summed E-state index contributed by atoms with van der Waals surface area (Å²) in [6, 6.07) is 11.2. The Morgan fingerprint density at radius 1 is 0.519 bits per heavy atom. The Morgan fingerprint density at radius 2 is 0.846 bits per heavy atom. The Morgan fingerprint density at radius 3 is 1.15 bits per heavy atom. The lowest BCUT2D eigenvalue weighted by Crippen LogP contribution is -2.59. The van der Waals surface area contributed by atoms with Crippen LogP contribution in [-0.2, 0) is 19.2 Å². The standard InChI is InChI=1S/C38H48N4O10/c43-29-9-5-25(6-10-29)37(51)27-13-17-39(18-14-27)33(45)21-41(23-35(47)48)31-3-1-2-4-32(31)42(24-36(49)50)22-34(46)40-19-15-28(16-20-40)38(52)26-7-11-30(44)12-8-26/h5-12,27-28,31-32,43-44H,1-4,13-24H2,(H,47,48)(H,49,50). The van der Waals surface area contributed by atoms with E-state index in [1.165, 1.54) is 24.3 Å². The average Bonchev–Trinajstić information content (AvgIpc) is 3.14. The number of likely N-dealkylation sites (tertiary alicyclic amines) is 2. The number of phenols is 2. The van der Waals surface area contributed by atoms with Crippen LogP contribution in [0.2, 0.25) is 0 Å². The molecule has 1 aliphatic carbocycles. The molecule has 14 heteroatoms. The highest BCUT2D eigenvalue weighted by molar-refractivity contribution is 5.98. The van der Waals surface area contributed by atoms with Crippen molar-refractivity contribution in [1.82, 2.24) is 19.6 Å². The van der Waals surface area contributed by atoms with Gasteiger partial charge in [0.15, 0.2) is 11.6 Å². The van der Waals surface area contributed by atoms with Gasteiger partial charge in [0.25, 0.3) is 0 Å². The van der Waals surface area contributed by atoms with Gasteiger partial charge in [0.05, 0.1) is 26.2 Å². The maximum atomic E-state index is 13.6. The van der Waals surface area contributed by atoms with E-state index in [9.17, 15) is 49.2 Å². The summed E-state index contributed by atoms with van der Waals surface area (Å²) in [4.78, 5) is 83.9. The monoisotopic (exact) mass is 720 g/mol. The predicted octanol–water partition coefficient (Wildman–Crippen LogP) is 2.73. The number of hydrogen-bond donors (Lipinski definition) is 4. The first-order valence-electron chi connectivity index (χ1n) is 18.0. The van der Waals surface area contributed by atoms with Crippen molar-refractivity contribution in [2.24, 2.45) is 11.8 Å². The van der Waals surface area contributed by atoms with E-state index >= 15 is 0 Å². The molecule has 280 valence electrons. The molecule has 3 aliphatic rings. The Labute approximate surface area is 302 Å². The second kappa shape index (κ2) is 17.6. The molecule has 0 bridgehead atoms. The Balaban J connectivity index is 1.21. The van der Waals surface area contributed by atoms with Crippen LogP contribution in [0.1, 0.15) is 72.1 Å². The molecule has 0 radical (unpaired) electrons. The molecule has 14 nitrogen and oxygen atoms in total. The lowest BCUT2D eigenvalue weighted by atomic mass is 9.87. The molecule has 2 aromatic carbocycles.